The van der Waals surface area contributed by atoms with E-state index in [1.165, 1.54) is 12.4 Å². The fraction of sp³-hybridized carbons (Fsp3) is 0.241. The highest BCUT2D eigenvalue weighted by atomic mass is 19.1. The van der Waals surface area contributed by atoms with Gasteiger partial charge in [0.2, 0.25) is 0 Å². The number of nitrogens with zero attached hydrogens (tertiary/aromatic N) is 6. The molecule has 0 radical (unpaired) electrons. The van der Waals surface area contributed by atoms with Crippen LogP contribution >= 0.6 is 0 Å². The van der Waals surface area contributed by atoms with Gasteiger partial charge in [-0.2, -0.15) is 5.10 Å². The third kappa shape index (κ3) is 5.10. The minimum absolute atomic E-state index is 0.100. The minimum atomic E-state index is -0.401. The predicted molar refractivity (Wildman–Crippen MR) is 147 cm³/mol. The van der Waals surface area contributed by atoms with E-state index < -0.39 is 5.82 Å². The van der Waals surface area contributed by atoms with Crippen molar-refractivity contribution in [3.05, 3.63) is 89.8 Å². The third-order valence-electron chi connectivity index (χ3n) is 7.03. The Bertz CT molecular complexity index is 1630. The number of nitrogens with one attached hydrogen (secondary N) is 2. The SMILES string of the molecule is CN(C)CCn1cc(-c2cc3c(-c4ccc(CNC(=O)N5Cc6ccccc6C5)c(F)c4)ncnc3[nH]2)cn1. The van der Waals surface area contributed by atoms with E-state index in [1.807, 2.05) is 67.6 Å². The number of fused-ring (bicyclic) bond motifs is 2. The van der Waals surface area contributed by atoms with Gasteiger partial charge in [-0.3, -0.25) is 4.68 Å². The van der Waals surface area contributed by atoms with Crippen molar-refractivity contribution in [2.24, 2.45) is 0 Å². The lowest BCUT2D eigenvalue weighted by atomic mass is 10.1. The monoisotopic (exact) mass is 524 g/mol. The fourth-order valence-corrected chi connectivity index (χ4v) is 4.85. The van der Waals surface area contributed by atoms with Gasteiger partial charge in [-0.05, 0) is 37.4 Å². The van der Waals surface area contributed by atoms with Crippen molar-refractivity contribution >= 4 is 17.1 Å². The number of likely N-dealkylation sites (N-methyl/N-ethyl adjacent to an activating group) is 1. The second-order valence-electron chi connectivity index (χ2n) is 10.1. The van der Waals surface area contributed by atoms with Gasteiger partial charge in [0.15, 0.2) is 0 Å². The van der Waals surface area contributed by atoms with Crippen LogP contribution in [0.1, 0.15) is 16.7 Å². The Hall–Kier alpha value is -4.57. The maximum atomic E-state index is 15.2. The average Bonchev–Trinajstić information content (AvgIpc) is 3.68. The number of hydrogen-bond donors (Lipinski definition) is 2. The molecule has 2 N–H and O–H groups in total. The van der Waals surface area contributed by atoms with Crippen molar-refractivity contribution in [1.29, 1.82) is 0 Å². The lowest BCUT2D eigenvalue weighted by Gasteiger charge is -2.16. The predicted octanol–water partition coefficient (Wildman–Crippen LogP) is 4.41. The zero-order chi connectivity index (χ0) is 26.9. The van der Waals surface area contributed by atoms with E-state index in [0.717, 1.165) is 40.9 Å². The van der Waals surface area contributed by atoms with E-state index in [0.29, 0.717) is 35.6 Å². The first-order chi connectivity index (χ1) is 18.9. The normalized spacial score (nSPS) is 12.9. The summed E-state index contributed by atoms with van der Waals surface area (Å²) in [5.74, 6) is -0.401. The quantitative estimate of drug-likeness (QED) is 0.329. The summed E-state index contributed by atoms with van der Waals surface area (Å²) in [6.45, 7) is 2.89. The summed E-state index contributed by atoms with van der Waals surface area (Å²) >= 11 is 0. The molecule has 10 heteroatoms. The maximum absolute atomic E-state index is 15.2. The summed E-state index contributed by atoms with van der Waals surface area (Å²) in [6, 6.07) is 14.7. The number of urea groups is 1. The van der Waals surface area contributed by atoms with Crippen molar-refractivity contribution in [3.8, 4) is 22.5 Å². The fourth-order valence-electron chi connectivity index (χ4n) is 4.85. The molecule has 3 aromatic heterocycles. The second kappa shape index (κ2) is 10.3. The first kappa shape index (κ1) is 24.7. The Labute approximate surface area is 225 Å². The molecule has 0 atom stereocenters. The number of rotatable bonds is 7. The van der Waals surface area contributed by atoms with E-state index in [1.54, 1.807) is 11.0 Å². The van der Waals surface area contributed by atoms with Crippen LogP contribution in [0.4, 0.5) is 9.18 Å². The van der Waals surface area contributed by atoms with Crippen molar-refractivity contribution in [2.45, 2.75) is 26.2 Å². The van der Waals surface area contributed by atoms with E-state index >= 15 is 4.39 Å². The molecule has 0 aliphatic carbocycles. The minimum Gasteiger partial charge on any atom is -0.339 e. The summed E-state index contributed by atoms with van der Waals surface area (Å²) in [5.41, 5.74) is 6.44. The van der Waals surface area contributed by atoms with Crippen LogP contribution in [-0.4, -0.2) is 61.2 Å². The van der Waals surface area contributed by atoms with Crippen LogP contribution in [0.15, 0.2) is 67.3 Å². The Kier molecular flexibility index (Phi) is 6.54. The van der Waals surface area contributed by atoms with Gasteiger partial charge < -0.3 is 20.1 Å². The molecular formula is C29H29FN8O. The molecule has 0 saturated heterocycles. The summed E-state index contributed by atoms with van der Waals surface area (Å²) in [5, 5.41) is 8.10. The number of aromatic amines is 1. The van der Waals surface area contributed by atoms with Crippen LogP contribution in [0.2, 0.25) is 0 Å². The van der Waals surface area contributed by atoms with E-state index in [2.05, 4.69) is 30.3 Å². The van der Waals surface area contributed by atoms with Gasteiger partial charge in [-0.15, -0.1) is 0 Å². The zero-order valence-corrected chi connectivity index (χ0v) is 21.9. The Morgan fingerprint density at radius 1 is 1.08 bits per heavy atom. The molecule has 0 spiro atoms. The number of aromatic nitrogens is 5. The van der Waals surface area contributed by atoms with E-state index in [4.69, 9.17) is 0 Å². The number of carbonyl (C=O) groups is 1. The highest BCUT2D eigenvalue weighted by Gasteiger charge is 2.23. The first-order valence-electron chi connectivity index (χ1n) is 12.8. The Morgan fingerprint density at radius 2 is 1.87 bits per heavy atom. The molecule has 0 fully saturated rings. The molecule has 0 saturated carbocycles. The number of amides is 2. The molecule has 0 unspecified atom stereocenters. The molecule has 9 nitrogen and oxygen atoms in total. The van der Waals surface area contributed by atoms with Gasteiger partial charge in [0.1, 0.15) is 17.8 Å². The van der Waals surface area contributed by atoms with Crippen LogP contribution in [0.25, 0.3) is 33.5 Å². The van der Waals surface area contributed by atoms with Crippen molar-refractivity contribution in [3.63, 3.8) is 0 Å². The number of halogens is 1. The number of carbonyl (C=O) groups excluding carboxylic acids is 1. The maximum Gasteiger partial charge on any atom is 0.318 e. The highest BCUT2D eigenvalue weighted by Crippen LogP contribution is 2.30. The molecule has 2 aromatic carbocycles. The van der Waals surface area contributed by atoms with Gasteiger partial charge in [0.05, 0.1) is 24.1 Å². The van der Waals surface area contributed by atoms with Crippen molar-refractivity contribution in [1.82, 2.24) is 39.8 Å². The van der Waals surface area contributed by atoms with Gasteiger partial charge in [0, 0.05) is 54.5 Å². The molecule has 4 heterocycles. The molecule has 1 aliphatic heterocycles. The zero-order valence-electron chi connectivity index (χ0n) is 21.9. The lowest BCUT2D eigenvalue weighted by Crippen LogP contribution is -2.36. The molecule has 2 amide bonds. The third-order valence-corrected chi connectivity index (χ3v) is 7.03. The molecule has 6 rings (SSSR count). The Balaban J connectivity index is 1.17. The summed E-state index contributed by atoms with van der Waals surface area (Å²) in [4.78, 5) is 28.7. The van der Waals surface area contributed by atoms with Crippen LogP contribution in [0.5, 0.6) is 0 Å². The summed E-state index contributed by atoms with van der Waals surface area (Å²) in [7, 11) is 4.06. The smallest absolute Gasteiger partial charge is 0.318 e. The largest absolute Gasteiger partial charge is 0.339 e. The van der Waals surface area contributed by atoms with Crippen LogP contribution in [0.3, 0.4) is 0 Å². The van der Waals surface area contributed by atoms with E-state index in [-0.39, 0.29) is 12.6 Å². The average molecular weight is 525 g/mol. The van der Waals surface area contributed by atoms with Gasteiger partial charge in [0.25, 0.3) is 0 Å². The summed E-state index contributed by atoms with van der Waals surface area (Å²) in [6.07, 6.45) is 5.28. The first-order valence-corrected chi connectivity index (χ1v) is 12.8. The molecule has 0 bridgehead atoms. The van der Waals surface area contributed by atoms with Gasteiger partial charge in [-0.1, -0.05) is 36.4 Å². The van der Waals surface area contributed by atoms with E-state index in [9.17, 15) is 4.79 Å². The molecule has 1 aliphatic rings. The number of hydrogen-bond acceptors (Lipinski definition) is 5. The topological polar surface area (TPSA) is 95.0 Å². The number of H-pyrrole nitrogens is 1. The lowest BCUT2D eigenvalue weighted by molar-refractivity contribution is 0.198. The molecule has 198 valence electrons. The molecular weight excluding hydrogens is 495 g/mol. The standard InChI is InChI=1S/C29H29FN8O/c1-36(2)9-10-38-17-23(14-34-38)26-12-24-27(32-18-33-28(24)35-26)19-7-8-20(25(30)11-19)13-31-29(39)37-15-21-5-3-4-6-22(21)16-37/h3-8,11-12,14,17-18H,9-10,13,15-16H2,1-2H3,(H,31,39)(H,32,33,35). The van der Waals surface area contributed by atoms with Gasteiger partial charge >= 0.3 is 6.03 Å². The van der Waals surface area contributed by atoms with Crippen LogP contribution in [0, 0.1) is 5.82 Å². The summed E-state index contributed by atoms with van der Waals surface area (Å²) < 4.78 is 17.1. The Morgan fingerprint density at radius 3 is 2.62 bits per heavy atom. The second-order valence-corrected chi connectivity index (χ2v) is 10.1. The van der Waals surface area contributed by atoms with Crippen LogP contribution in [-0.2, 0) is 26.2 Å². The van der Waals surface area contributed by atoms with Gasteiger partial charge in [-0.25, -0.2) is 19.2 Å². The number of benzene rings is 2. The van der Waals surface area contributed by atoms with Crippen LogP contribution < -0.4 is 5.32 Å². The molecule has 39 heavy (non-hydrogen) atoms. The molecule has 5 aromatic rings. The van der Waals surface area contributed by atoms with Crippen molar-refractivity contribution in [2.75, 3.05) is 20.6 Å². The van der Waals surface area contributed by atoms with Crippen molar-refractivity contribution < 1.29 is 9.18 Å². The highest BCUT2D eigenvalue weighted by molar-refractivity contribution is 5.94.